The summed E-state index contributed by atoms with van der Waals surface area (Å²) in [6, 6.07) is 0. The molecular formula is C11H23NS. The Hall–Kier alpha value is 0.310. The van der Waals surface area contributed by atoms with Crippen molar-refractivity contribution in [3.63, 3.8) is 0 Å². The van der Waals surface area contributed by atoms with Crippen molar-refractivity contribution >= 4 is 11.8 Å². The van der Waals surface area contributed by atoms with E-state index in [4.69, 9.17) is 0 Å². The molecule has 1 nitrogen and oxygen atoms in total. The van der Waals surface area contributed by atoms with Crippen molar-refractivity contribution in [1.82, 2.24) is 5.32 Å². The molecule has 2 unspecified atom stereocenters. The van der Waals surface area contributed by atoms with E-state index in [2.05, 4.69) is 18.5 Å². The predicted octanol–water partition coefficient (Wildman–Crippen LogP) is 2.77. The Labute approximate surface area is 87.1 Å². The molecule has 1 aliphatic carbocycles. The third-order valence-corrected chi connectivity index (χ3v) is 3.81. The first-order chi connectivity index (χ1) is 6.38. The van der Waals surface area contributed by atoms with Gasteiger partial charge in [-0.25, -0.2) is 0 Å². The summed E-state index contributed by atoms with van der Waals surface area (Å²) in [7, 11) is 0. The Kier molecular flexibility index (Phi) is 5.88. The maximum atomic E-state index is 3.49. The first-order valence-corrected chi connectivity index (χ1v) is 6.97. The van der Waals surface area contributed by atoms with Crippen LogP contribution in [0.3, 0.4) is 0 Å². The lowest BCUT2D eigenvalue weighted by molar-refractivity contribution is 0.363. The van der Waals surface area contributed by atoms with Gasteiger partial charge in [0.15, 0.2) is 0 Å². The second-order valence-corrected chi connectivity index (χ2v) is 5.03. The van der Waals surface area contributed by atoms with Crippen LogP contribution in [0.5, 0.6) is 0 Å². The molecule has 1 saturated carbocycles. The second kappa shape index (κ2) is 6.72. The van der Waals surface area contributed by atoms with E-state index >= 15 is 0 Å². The average molecular weight is 201 g/mol. The summed E-state index contributed by atoms with van der Waals surface area (Å²) >= 11 is 1.99. The largest absolute Gasteiger partial charge is 0.317 e. The Morgan fingerprint density at radius 3 is 2.77 bits per heavy atom. The van der Waals surface area contributed by atoms with Crippen LogP contribution in [-0.2, 0) is 0 Å². The van der Waals surface area contributed by atoms with Gasteiger partial charge < -0.3 is 5.32 Å². The third-order valence-electron chi connectivity index (χ3n) is 3.17. The zero-order valence-corrected chi connectivity index (χ0v) is 9.83. The summed E-state index contributed by atoms with van der Waals surface area (Å²) in [5.41, 5.74) is 0. The van der Waals surface area contributed by atoms with Gasteiger partial charge in [0.05, 0.1) is 0 Å². The maximum absolute atomic E-state index is 3.49. The Balaban J connectivity index is 2.18. The summed E-state index contributed by atoms with van der Waals surface area (Å²) in [6.45, 7) is 4.59. The van der Waals surface area contributed by atoms with E-state index in [-0.39, 0.29) is 0 Å². The normalized spacial score (nSPS) is 28.2. The molecule has 1 fully saturated rings. The lowest BCUT2D eigenvalue weighted by atomic mass is 9.93. The van der Waals surface area contributed by atoms with Crippen LogP contribution in [0.25, 0.3) is 0 Å². The van der Waals surface area contributed by atoms with Gasteiger partial charge in [0.25, 0.3) is 0 Å². The van der Waals surface area contributed by atoms with Crippen LogP contribution < -0.4 is 5.32 Å². The van der Waals surface area contributed by atoms with Crippen molar-refractivity contribution in [3.8, 4) is 0 Å². The zero-order valence-electron chi connectivity index (χ0n) is 9.01. The van der Waals surface area contributed by atoms with Crippen LogP contribution in [0.2, 0.25) is 0 Å². The summed E-state index contributed by atoms with van der Waals surface area (Å²) in [5.74, 6) is 3.35. The maximum Gasteiger partial charge on any atom is -0.00180 e. The van der Waals surface area contributed by atoms with Crippen LogP contribution in [0.4, 0.5) is 0 Å². The number of nitrogens with one attached hydrogen (secondary N) is 1. The van der Waals surface area contributed by atoms with Gasteiger partial charge >= 0.3 is 0 Å². The minimum atomic E-state index is 0.979. The molecule has 1 rings (SSSR count). The van der Waals surface area contributed by atoms with Gasteiger partial charge in [0.1, 0.15) is 0 Å². The minimum absolute atomic E-state index is 0.979. The van der Waals surface area contributed by atoms with Crippen LogP contribution in [0, 0.1) is 11.8 Å². The Morgan fingerprint density at radius 1 is 1.31 bits per heavy atom. The lowest BCUT2D eigenvalue weighted by Crippen LogP contribution is -2.25. The highest BCUT2D eigenvalue weighted by Gasteiger charge is 2.25. The molecule has 0 spiro atoms. The molecule has 0 bridgehead atoms. The molecule has 0 aromatic carbocycles. The van der Waals surface area contributed by atoms with E-state index in [9.17, 15) is 0 Å². The van der Waals surface area contributed by atoms with Crippen molar-refractivity contribution in [1.29, 1.82) is 0 Å². The average Bonchev–Trinajstić information content (AvgIpc) is 2.59. The molecule has 2 heteroatoms. The number of thioether (sulfide) groups is 1. The van der Waals surface area contributed by atoms with Gasteiger partial charge in [-0.15, -0.1) is 0 Å². The predicted molar refractivity (Wildman–Crippen MR) is 62.4 cm³/mol. The van der Waals surface area contributed by atoms with E-state index in [1.54, 1.807) is 0 Å². The molecule has 0 aromatic heterocycles. The summed E-state index contributed by atoms with van der Waals surface area (Å²) in [6.07, 6.45) is 8.07. The summed E-state index contributed by atoms with van der Waals surface area (Å²) < 4.78 is 0. The second-order valence-electron chi connectivity index (χ2n) is 4.04. The van der Waals surface area contributed by atoms with Gasteiger partial charge in [0.2, 0.25) is 0 Å². The number of rotatable bonds is 6. The first kappa shape index (κ1) is 11.4. The van der Waals surface area contributed by atoms with Crippen molar-refractivity contribution in [2.75, 3.05) is 25.1 Å². The fourth-order valence-electron chi connectivity index (χ4n) is 2.36. The highest BCUT2D eigenvalue weighted by atomic mass is 32.2. The zero-order chi connectivity index (χ0) is 9.52. The van der Waals surface area contributed by atoms with E-state index in [0.717, 1.165) is 18.4 Å². The molecular weight excluding hydrogens is 178 g/mol. The molecule has 1 N–H and O–H groups in total. The van der Waals surface area contributed by atoms with Crippen molar-refractivity contribution in [2.45, 2.75) is 32.6 Å². The summed E-state index contributed by atoms with van der Waals surface area (Å²) in [5, 5.41) is 3.49. The molecule has 0 heterocycles. The molecule has 1 aliphatic rings. The molecule has 0 saturated heterocycles. The lowest BCUT2D eigenvalue weighted by Gasteiger charge is -2.19. The topological polar surface area (TPSA) is 12.0 Å². The monoisotopic (exact) mass is 201 g/mol. The van der Waals surface area contributed by atoms with Gasteiger partial charge in [-0.1, -0.05) is 19.8 Å². The van der Waals surface area contributed by atoms with E-state index in [0.29, 0.717) is 0 Å². The molecule has 0 amide bonds. The van der Waals surface area contributed by atoms with Crippen LogP contribution in [0.1, 0.15) is 32.6 Å². The molecule has 78 valence electrons. The van der Waals surface area contributed by atoms with Crippen molar-refractivity contribution < 1.29 is 0 Å². The summed E-state index contributed by atoms with van der Waals surface area (Å²) in [4.78, 5) is 0. The van der Waals surface area contributed by atoms with Crippen LogP contribution >= 0.6 is 11.8 Å². The van der Waals surface area contributed by atoms with Gasteiger partial charge in [-0.05, 0) is 49.8 Å². The SMILES string of the molecule is CCNCC1CCCC1CCSC. The molecule has 0 radical (unpaired) electrons. The Morgan fingerprint density at radius 2 is 2.08 bits per heavy atom. The Bertz CT molecular complexity index is 113. The van der Waals surface area contributed by atoms with Crippen LogP contribution in [0.15, 0.2) is 0 Å². The van der Waals surface area contributed by atoms with E-state index in [1.807, 2.05) is 11.8 Å². The molecule has 0 aromatic rings. The first-order valence-electron chi connectivity index (χ1n) is 5.58. The minimum Gasteiger partial charge on any atom is -0.317 e. The fourth-order valence-corrected chi connectivity index (χ4v) is 2.90. The highest BCUT2D eigenvalue weighted by Crippen LogP contribution is 2.34. The molecule has 0 aliphatic heterocycles. The van der Waals surface area contributed by atoms with Gasteiger partial charge in [0, 0.05) is 0 Å². The van der Waals surface area contributed by atoms with Crippen molar-refractivity contribution in [2.24, 2.45) is 11.8 Å². The smallest absolute Gasteiger partial charge is 0.00180 e. The number of hydrogen-bond acceptors (Lipinski definition) is 2. The van der Waals surface area contributed by atoms with Gasteiger partial charge in [-0.3, -0.25) is 0 Å². The van der Waals surface area contributed by atoms with Crippen molar-refractivity contribution in [3.05, 3.63) is 0 Å². The quantitative estimate of drug-likeness (QED) is 0.709. The van der Waals surface area contributed by atoms with Crippen LogP contribution in [-0.4, -0.2) is 25.1 Å². The standard InChI is InChI=1S/C11H23NS/c1-3-12-9-11-6-4-5-10(11)7-8-13-2/h10-12H,3-9H2,1-2H3. The number of hydrogen-bond donors (Lipinski definition) is 1. The molecule has 13 heavy (non-hydrogen) atoms. The van der Waals surface area contributed by atoms with E-state index < -0.39 is 0 Å². The fraction of sp³-hybridized carbons (Fsp3) is 1.00. The molecule has 2 atom stereocenters. The third kappa shape index (κ3) is 3.90. The highest BCUT2D eigenvalue weighted by molar-refractivity contribution is 7.98. The van der Waals surface area contributed by atoms with Gasteiger partial charge in [-0.2, -0.15) is 11.8 Å². The van der Waals surface area contributed by atoms with E-state index in [1.165, 1.54) is 38.0 Å².